The number of anilines is 1. The minimum atomic E-state index is -4.83. The summed E-state index contributed by atoms with van der Waals surface area (Å²) in [6, 6.07) is 16.1. The lowest BCUT2D eigenvalue weighted by atomic mass is 10.1. The molecule has 9 heteroatoms. The first kappa shape index (κ1) is 20.4. The predicted octanol–water partition coefficient (Wildman–Crippen LogP) is 5.22. The van der Waals surface area contributed by atoms with Crippen LogP contribution in [-0.2, 0) is 11.2 Å². The van der Waals surface area contributed by atoms with E-state index in [2.05, 4.69) is 15.0 Å². The van der Waals surface area contributed by atoms with Gasteiger partial charge in [-0.15, -0.1) is 13.2 Å². The molecule has 0 saturated heterocycles. The van der Waals surface area contributed by atoms with Crippen LogP contribution >= 0.6 is 0 Å². The van der Waals surface area contributed by atoms with Gasteiger partial charge in [-0.05, 0) is 42.0 Å². The zero-order chi connectivity index (χ0) is 22.0. The molecule has 4 aromatic rings. The summed E-state index contributed by atoms with van der Waals surface area (Å²) in [6.45, 7) is 0. The number of aromatic nitrogens is 2. The van der Waals surface area contributed by atoms with Crippen molar-refractivity contribution < 1.29 is 27.1 Å². The molecule has 0 saturated carbocycles. The van der Waals surface area contributed by atoms with Gasteiger partial charge in [0.25, 0.3) is 0 Å². The number of carbonyl (C=O) groups excluding carboxylic acids is 1. The number of ether oxygens (including phenoxy) is 1. The summed E-state index contributed by atoms with van der Waals surface area (Å²) < 4.78 is 56.6. The molecule has 0 aliphatic carbocycles. The Hall–Kier alpha value is -3.88. The van der Waals surface area contributed by atoms with Crippen molar-refractivity contribution >= 4 is 17.4 Å². The van der Waals surface area contributed by atoms with Gasteiger partial charge in [-0.1, -0.05) is 30.3 Å². The van der Waals surface area contributed by atoms with Gasteiger partial charge in [0.15, 0.2) is 5.82 Å². The maximum absolute atomic E-state index is 13.1. The third-order valence-electron chi connectivity index (χ3n) is 4.41. The van der Waals surface area contributed by atoms with Crippen molar-refractivity contribution in [3.05, 3.63) is 84.3 Å². The quantitative estimate of drug-likeness (QED) is 0.443. The molecule has 0 fully saturated rings. The molecule has 0 aliphatic rings. The summed E-state index contributed by atoms with van der Waals surface area (Å²) in [5.41, 5.74) is 1.87. The molecule has 2 heterocycles. The van der Waals surface area contributed by atoms with E-state index in [9.17, 15) is 22.4 Å². The van der Waals surface area contributed by atoms with Gasteiger partial charge in [0.2, 0.25) is 5.91 Å². The largest absolute Gasteiger partial charge is 0.573 e. The molecule has 31 heavy (non-hydrogen) atoms. The summed E-state index contributed by atoms with van der Waals surface area (Å²) in [5, 5.41) is 2.70. The molecule has 4 rings (SSSR count). The van der Waals surface area contributed by atoms with Crippen LogP contribution in [0.1, 0.15) is 5.56 Å². The predicted molar refractivity (Wildman–Crippen MR) is 106 cm³/mol. The van der Waals surface area contributed by atoms with Crippen LogP contribution in [0.5, 0.6) is 5.75 Å². The van der Waals surface area contributed by atoms with E-state index in [-0.39, 0.29) is 18.0 Å². The van der Waals surface area contributed by atoms with E-state index in [1.54, 1.807) is 34.9 Å². The van der Waals surface area contributed by atoms with Crippen molar-refractivity contribution in [3.8, 4) is 17.0 Å². The lowest BCUT2D eigenvalue weighted by Gasteiger charge is -2.11. The van der Waals surface area contributed by atoms with Gasteiger partial charge in [0, 0.05) is 11.8 Å². The Morgan fingerprint density at radius 1 is 1.03 bits per heavy atom. The molecular weight excluding hydrogens is 414 g/mol. The molecule has 0 atom stereocenters. The number of alkyl halides is 3. The lowest BCUT2D eigenvalue weighted by Crippen LogP contribution is -2.17. The molecule has 2 aromatic carbocycles. The van der Waals surface area contributed by atoms with E-state index >= 15 is 0 Å². The number of fused-ring (bicyclic) bond motifs is 1. The molecule has 2 aromatic heterocycles. The Bertz CT molecular complexity index is 1230. The molecule has 0 spiro atoms. The number of halogens is 4. The number of pyridine rings is 1. The highest BCUT2D eigenvalue weighted by atomic mass is 19.4. The van der Waals surface area contributed by atoms with Crippen molar-refractivity contribution in [1.29, 1.82) is 0 Å². The Balaban J connectivity index is 1.69. The van der Waals surface area contributed by atoms with E-state index in [0.717, 1.165) is 0 Å². The molecule has 1 amide bonds. The van der Waals surface area contributed by atoms with Crippen LogP contribution in [0.15, 0.2) is 72.9 Å². The van der Waals surface area contributed by atoms with Gasteiger partial charge in [0.05, 0.1) is 12.1 Å². The second-order valence-corrected chi connectivity index (χ2v) is 6.66. The zero-order valence-corrected chi connectivity index (χ0v) is 15.9. The molecule has 0 aliphatic heterocycles. The number of imidazole rings is 1. The maximum atomic E-state index is 13.1. The van der Waals surface area contributed by atoms with Crippen LogP contribution in [0.3, 0.4) is 0 Å². The van der Waals surface area contributed by atoms with Gasteiger partial charge < -0.3 is 10.1 Å². The van der Waals surface area contributed by atoms with E-state index in [1.165, 1.54) is 42.5 Å². The average Bonchev–Trinajstić information content (AvgIpc) is 3.06. The van der Waals surface area contributed by atoms with E-state index < -0.39 is 18.1 Å². The highest BCUT2D eigenvalue weighted by Gasteiger charge is 2.31. The van der Waals surface area contributed by atoms with Crippen LogP contribution in [0.25, 0.3) is 16.9 Å². The summed E-state index contributed by atoms with van der Waals surface area (Å²) in [4.78, 5) is 17.0. The summed E-state index contributed by atoms with van der Waals surface area (Å²) in [6.07, 6.45) is -3.17. The number of nitrogens with one attached hydrogen (secondary N) is 1. The van der Waals surface area contributed by atoms with Crippen LogP contribution in [-0.4, -0.2) is 21.7 Å². The third-order valence-corrected chi connectivity index (χ3v) is 4.41. The summed E-state index contributed by atoms with van der Waals surface area (Å²) in [7, 11) is 0. The topological polar surface area (TPSA) is 55.6 Å². The van der Waals surface area contributed by atoms with Crippen LogP contribution < -0.4 is 10.1 Å². The minimum absolute atomic E-state index is 0.0230. The normalized spacial score (nSPS) is 11.5. The highest BCUT2D eigenvalue weighted by molar-refractivity contribution is 5.95. The number of benzene rings is 2. The summed E-state index contributed by atoms with van der Waals surface area (Å²) in [5.74, 6) is -1.02. The molecule has 5 nitrogen and oxygen atoms in total. The van der Waals surface area contributed by atoms with Crippen molar-refractivity contribution in [2.45, 2.75) is 12.8 Å². The standard InChI is InChI=1S/C22H15F4N3O2/c23-16-9-7-14(8-10-16)12-19(30)28-21-20(29-11-2-1-6-18(29)27-21)15-4-3-5-17(13-15)31-22(24,25)26/h1-11,13H,12H2,(H,28,30). The van der Waals surface area contributed by atoms with Gasteiger partial charge in [-0.2, -0.15) is 0 Å². The first-order valence-corrected chi connectivity index (χ1v) is 9.16. The van der Waals surface area contributed by atoms with Gasteiger partial charge in [-0.25, -0.2) is 9.37 Å². The lowest BCUT2D eigenvalue weighted by molar-refractivity contribution is -0.274. The van der Waals surface area contributed by atoms with Crippen molar-refractivity contribution in [3.63, 3.8) is 0 Å². The fourth-order valence-corrected chi connectivity index (χ4v) is 3.16. The smallest absolute Gasteiger partial charge is 0.406 e. The fourth-order valence-electron chi connectivity index (χ4n) is 3.16. The van der Waals surface area contributed by atoms with Crippen LogP contribution in [0, 0.1) is 5.82 Å². The average molecular weight is 429 g/mol. The first-order valence-electron chi connectivity index (χ1n) is 9.16. The van der Waals surface area contributed by atoms with Crippen molar-refractivity contribution in [1.82, 2.24) is 9.38 Å². The molecule has 0 unspecified atom stereocenters. The van der Waals surface area contributed by atoms with Crippen molar-refractivity contribution in [2.24, 2.45) is 0 Å². The molecular formula is C22H15F4N3O2. The second-order valence-electron chi connectivity index (χ2n) is 6.66. The van der Waals surface area contributed by atoms with Gasteiger partial charge >= 0.3 is 6.36 Å². The Morgan fingerprint density at radius 2 is 1.81 bits per heavy atom. The van der Waals surface area contributed by atoms with E-state index in [0.29, 0.717) is 22.5 Å². The van der Waals surface area contributed by atoms with E-state index in [4.69, 9.17) is 0 Å². The number of hydrogen-bond donors (Lipinski definition) is 1. The first-order chi connectivity index (χ1) is 14.8. The minimum Gasteiger partial charge on any atom is -0.406 e. The van der Waals surface area contributed by atoms with E-state index in [1.807, 2.05) is 0 Å². The number of rotatable bonds is 5. The van der Waals surface area contributed by atoms with Gasteiger partial charge in [0.1, 0.15) is 17.2 Å². The number of carbonyl (C=O) groups is 1. The molecule has 0 radical (unpaired) electrons. The zero-order valence-electron chi connectivity index (χ0n) is 15.9. The monoisotopic (exact) mass is 429 g/mol. The maximum Gasteiger partial charge on any atom is 0.573 e. The van der Waals surface area contributed by atoms with Gasteiger partial charge in [-0.3, -0.25) is 9.20 Å². The fraction of sp³-hybridized carbons (Fsp3) is 0.0909. The molecule has 1 N–H and O–H groups in total. The Kier molecular flexibility index (Phi) is 5.33. The molecule has 158 valence electrons. The van der Waals surface area contributed by atoms with Crippen LogP contribution in [0.2, 0.25) is 0 Å². The number of nitrogens with zero attached hydrogens (tertiary/aromatic N) is 2. The Morgan fingerprint density at radius 3 is 2.55 bits per heavy atom. The van der Waals surface area contributed by atoms with Crippen molar-refractivity contribution in [2.75, 3.05) is 5.32 Å². The SMILES string of the molecule is O=C(Cc1ccc(F)cc1)Nc1nc2ccccn2c1-c1cccc(OC(F)(F)F)c1. The number of hydrogen-bond acceptors (Lipinski definition) is 3. The highest BCUT2D eigenvalue weighted by Crippen LogP contribution is 2.33. The third kappa shape index (κ3) is 4.82. The Labute approximate surface area is 173 Å². The number of amides is 1. The van der Waals surface area contributed by atoms with Crippen LogP contribution in [0.4, 0.5) is 23.4 Å². The molecule has 0 bridgehead atoms. The summed E-state index contributed by atoms with van der Waals surface area (Å²) >= 11 is 0. The second kappa shape index (κ2) is 8.10.